The van der Waals surface area contributed by atoms with Crippen LogP contribution in [0.25, 0.3) is 10.8 Å². The van der Waals surface area contributed by atoms with Crippen LogP contribution in [0.4, 0.5) is 0 Å². The molecule has 0 spiro atoms. The summed E-state index contributed by atoms with van der Waals surface area (Å²) in [5, 5.41) is 13.5. The second-order valence-electron chi connectivity index (χ2n) is 4.35. The van der Waals surface area contributed by atoms with Crippen LogP contribution in [0.15, 0.2) is 36.4 Å². The second-order valence-corrected chi connectivity index (χ2v) is 4.79. The third kappa shape index (κ3) is 2.93. The Morgan fingerprint density at radius 2 is 1.90 bits per heavy atom. The Kier molecular flexibility index (Phi) is 4.63. The number of hydrogen-bond acceptors (Lipinski definition) is 3. The van der Waals surface area contributed by atoms with Gasteiger partial charge in [0.2, 0.25) is 0 Å². The van der Waals surface area contributed by atoms with Crippen molar-refractivity contribution in [1.82, 2.24) is 5.32 Å². The molecule has 0 atom stereocenters. The highest BCUT2D eigenvalue weighted by Gasteiger charge is 2.19. The summed E-state index contributed by atoms with van der Waals surface area (Å²) in [5.74, 6) is -0.794. The monoisotopic (exact) mass is 289 g/mol. The molecule has 0 saturated carbocycles. The summed E-state index contributed by atoms with van der Waals surface area (Å²) < 4.78 is 0. The Labute approximate surface area is 122 Å². The predicted octanol–water partition coefficient (Wildman–Crippen LogP) is 2.59. The van der Waals surface area contributed by atoms with Crippen LogP contribution in [0.5, 0.6) is 0 Å². The number of carbonyl (C=O) groups is 2. The van der Waals surface area contributed by atoms with Gasteiger partial charge in [-0.05, 0) is 29.0 Å². The van der Waals surface area contributed by atoms with Crippen molar-refractivity contribution in [3.8, 4) is 0 Å². The Morgan fingerprint density at radius 3 is 2.60 bits per heavy atom. The van der Waals surface area contributed by atoms with Crippen molar-refractivity contribution in [2.45, 2.75) is 6.42 Å². The van der Waals surface area contributed by atoms with E-state index in [9.17, 15) is 14.7 Å². The van der Waals surface area contributed by atoms with Gasteiger partial charge in [0.1, 0.15) is 0 Å². The third-order valence-corrected chi connectivity index (χ3v) is 3.32. The minimum absolute atomic E-state index is 0.0204. The molecule has 2 aromatic rings. The van der Waals surface area contributed by atoms with Gasteiger partial charge >= 0.3 is 5.97 Å². The Balaban J connectivity index is 2.49. The van der Waals surface area contributed by atoms with Crippen molar-refractivity contribution in [3.05, 3.63) is 47.5 Å². The van der Waals surface area contributed by atoms with Crippen LogP contribution in [0.3, 0.4) is 0 Å². The molecule has 0 aliphatic rings. The molecule has 5 heteroatoms. The van der Waals surface area contributed by atoms with Gasteiger partial charge in [-0.25, -0.2) is 4.79 Å². The van der Waals surface area contributed by atoms with E-state index in [0.717, 1.165) is 11.8 Å². The van der Waals surface area contributed by atoms with E-state index in [0.29, 0.717) is 17.7 Å². The number of hydrogen-bond donors (Lipinski definition) is 3. The number of carboxylic acids is 1. The predicted molar refractivity (Wildman–Crippen MR) is 81.7 cm³/mol. The van der Waals surface area contributed by atoms with Gasteiger partial charge in [0.25, 0.3) is 5.91 Å². The van der Waals surface area contributed by atoms with E-state index in [1.807, 2.05) is 12.1 Å². The van der Waals surface area contributed by atoms with Crippen LogP contribution in [-0.4, -0.2) is 29.3 Å². The van der Waals surface area contributed by atoms with E-state index >= 15 is 0 Å². The van der Waals surface area contributed by atoms with Crippen molar-refractivity contribution < 1.29 is 14.7 Å². The molecule has 20 heavy (non-hydrogen) atoms. The number of carbonyl (C=O) groups excluding carboxylic acids is 1. The van der Waals surface area contributed by atoms with Gasteiger partial charge in [0.15, 0.2) is 0 Å². The average Bonchev–Trinajstić information content (AvgIpc) is 2.46. The summed E-state index contributed by atoms with van der Waals surface area (Å²) in [6.45, 7) is 0.477. The summed E-state index contributed by atoms with van der Waals surface area (Å²) in [4.78, 5) is 23.6. The minimum Gasteiger partial charge on any atom is -0.478 e. The number of thiol groups is 1. The molecule has 2 N–H and O–H groups in total. The summed E-state index contributed by atoms with van der Waals surface area (Å²) in [5.41, 5.74) is 0.238. The first-order chi connectivity index (χ1) is 9.65. The SMILES string of the molecule is O=C(O)c1ccc2ccccc2c1C(=O)NCCCS. The fourth-order valence-electron chi connectivity index (χ4n) is 2.06. The Hall–Kier alpha value is -2.01. The van der Waals surface area contributed by atoms with Gasteiger partial charge in [-0.15, -0.1) is 0 Å². The highest BCUT2D eigenvalue weighted by Crippen LogP contribution is 2.22. The van der Waals surface area contributed by atoms with Crippen molar-refractivity contribution in [3.63, 3.8) is 0 Å². The molecule has 0 radical (unpaired) electrons. The van der Waals surface area contributed by atoms with E-state index in [1.54, 1.807) is 18.2 Å². The number of fused-ring (bicyclic) bond motifs is 1. The zero-order valence-electron chi connectivity index (χ0n) is 10.8. The van der Waals surface area contributed by atoms with Crippen molar-refractivity contribution >= 4 is 35.3 Å². The first-order valence-corrected chi connectivity index (χ1v) is 6.92. The smallest absolute Gasteiger partial charge is 0.336 e. The van der Waals surface area contributed by atoms with Crippen molar-refractivity contribution in [2.24, 2.45) is 0 Å². The molecule has 2 aromatic carbocycles. The van der Waals surface area contributed by atoms with Gasteiger partial charge in [0, 0.05) is 6.54 Å². The number of rotatable bonds is 5. The fourth-order valence-corrected chi connectivity index (χ4v) is 2.22. The zero-order chi connectivity index (χ0) is 14.5. The maximum absolute atomic E-state index is 12.3. The first-order valence-electron chi connectivity index (χ1n) is 6.29. The summed E-state index contributed by atoms with van der Waals surface area (Å²) in [7, 11) is 0. The van der Waals surface area contributed by atoms with E-state index in [4.69, 9.17) is 0 Å². The molecule has 0 aliphatic carbocycles. The molecule has 0 bridgehead atoms. The molecule has 0 aromatic heterocycles. The van der Waals surface area contributed by atoms with E-state index in [2.05, 4.69) is 17.9 Å². The molecule has 4 nitrogen and oxygen atoms in total. The number of benzene rings is 2. The Bertz CT molecular complexity index is 655. The van der Waals surface area contributed by atoms with Crippen LogP contribution in [0, 0.1) is 0 Å². The van der Waals surface area contributed by atoms with Crippen molar-refractivity contribution in [2.75, 3.05) is 12.3 Å². The van der Waals surface area contributed by atoms with E-state index < -0.39 is 5.97 Å². The topological polar surface area (TPSA) is 66.4 Å². The van der Waals surface area contributed by atoms with E-state index in [1.165, 1.54) is 6.07 Å². The lowest BCUT2D eigenvalue weighted by Gasteiger charge is -2.10. The fraction of sp³-hybridized carbons (Fsp3) is 0.200. The quantitative estimate of drug-likeness (QED) is 0.585. The zero-order valence-corrected chi connectivity index (χ0v) is 11.7. The highest BCUT2D eigenvalue weighted by molar-refractivity contribution is 7.80. The molecule has 0 saturated heterocycles. The molecular weight excluding hydrogens is 274 g/mol. The van der Waals surface area contributed by atoms with Crippen LogP contribution in [0.1, 0.15) is 27.1 Å². The highest BCUT2D eigenvalue weighted by atomic mass is 32.1. The second kappa shape index (κ2) is 6.43. The van der Waals surface area contributed by atoms with Gasteiger partial charge in [-0.1, -0.05) is 30.3 Å². The van der Waals surface area contributed by atoms with Crippen LogP contribution in [-0.2, 0) is 0 Å². The first kappa shape index (κ1) is 14.4. The van der Waals surface area contributed by atoms with Crippen LogP contribution < -0.4 is 5.32 Å². The number of nitrogens with one attached hydrogen (secondary N) is 1. The van der Waals surface area contributed by atoms with Crippen LogP contribution >= 0.6 is 12.6 Å². The normalized spacial score (nSPS) is 10.4. The lowest BCUT2D eigenvalue weighted by Crippen LogP contribution is -2.26. The molecule has 1 amide bonds. The largest absolute Gasteiger partial charge is 0.478 e. The lowest BCUT2D eigenvalue weighted by atomic mass is 9.98. The van der Waals surface area contributed by atoms with Gasteiger partial charge in [0.05, 0.1) is 11.1 Å². The molecule has 2 rings (SSSR count). The maximum atomic E-state index is 12.3. The van der Waals surface area contributed by atoms with E-state index in [-0.39, 0.29) is 17.0 Å². The molecule has 104 valence electrons. The summed E-state index contributed by atoms with van der Waals surface area (Å²) >= 11 is 4.08. The van der Waals surface area contributed by atoms with Gasteiger partial charge in [-0.2, -0.15) is 12.6 Å². The van der Waals surface area contributed by atoms with Crippen molar-refractivity contribution in [1.29, 1.82) is 0 Å². The van der Waals surface area contributed by atoms with Crippen LogP contribution in [0.2, 0.25) is 0 Å². The minimum atomic E-state index is -1.10. The summed E-state index contributed by atoms with van der Waals surface area (Å²) in [6.07, 6.45) is 0.738. The standard InChI is InChI=1S/C15H15NO3S/c17-14(16-8-3-9-20)13-11-5-2-1-4-10(11)6-7-12(13)15(18)19/h1-2,4-7,20H,3,8-9H2,(H,16,17)(H,18,19). The molecule has 0 heterocycles. The molecular formula is C15H15NO3S. The number of carboxylic acid groups (broad SMARTS) is 1. The molecule has 0 aliphatic heterocycles. The Morgan fingerprint density at radius 1 is 1.15 bits per heavy atom. The molecule has 0 unspecified atom stereocenters. The van der Waals surface area contributed by atoms with Gasteiger partial charge < -0.3 is 10.4 Å². The summed E-state index contributed by atoms with van der Waals surface area (Å²) in [6, 6.07) is 10.4. The maximum Gasteiger partial charge on any atom is 0.336 e. The third-order valence-electron chi connectivity index (χ3n) is 3.01. The number of aromatic carboxylic acids is 1. The van der Waals surface area contributed by atoms with Gasteiger partial charge in [-0.3, -0.25) is 4.79 Å². The molecule has 0 fully saturated rings. The number of amides is 1. The average molecular weight is 289 g/mol. The lowest BCUT2D eigenvalue weighted by molar-refractivity contribution is 0.0691.